The van der Waals surface area contributed by atoms with Crippen LogP contribution in [0.3, 0.4) is 0 Å². The minimum Gasteiger partial charge on any atom is -0.512 e. The molecule has 3 rings (SSSR count). The largest absolute Gasteiger partial charge is 0.512 e. The Labute approximate surface area is 143 Å². The van der Waals surface area contributed by atoms with Crippen molar-refractivity contribution in [2.75, 3.05) is 0 Å². The molecule has 1 N–H and O–H groups in total. The third kappa shape index (κ3) is 4.02. The summed E-state index contributed by atoms with van der Waals surface area (Å²) in [4.78, 5) is 0. The number of aryl methyl sites for hydroxylation is 1. The Morgan fingerprint density at radius 2 is 1.71 bits per heavy atom. The van der Waals surface area contributed by atoms with Crippen LogP contribution in [0.5, 0.6) is 0 Å². The van der Waals surface area contributed by atoms with E-state index in [4.69, 9.17) is 0 Å². The summed E-state index contributed by atoms with van der Waals surface area (Å²) in [5.41, 5.74) is 7.04. The topological polar surface area (TPSA) is 20.2 Å². The van der Waals surface area contributed by atoms with E-state index in [0.29, 0.717) is 6.42 Å². The van der Waals surface area contributed by atoms with Gasteiger partial charge in [-0.3, -0.25) is 0 Å². The molecule has 1 aliphatic rings. The Morgan fingerprint density at radius 1 is 1.08 bits per heavy atom. The second-order valence-electron chi connectivity index (χ2n) is 6.17. The summed E-state index contributed by atoms with van der Waals surface area (Å²) >= 11 is 0. The fourth-order valence-corrected chi connectivity index (χ4v) is 2.63. The molecule has 0 amide bonds. The molecule has 0 spiro atoms. The zero-order chi connectivity index (χ0) is 17.9. The van der Waals surface area contributed by atoms with E-state index in [-0.39, 0.29) is 11.6 Å². The van der Waals surface area contributed by atoms with Crippen LogP contribution < -0.4 is 0 Å². The maximum absolute atomic E-state index is 12.9. The Bertz CT molecular complexity index is 806. The lowest BCUT2D eigenvalue weighted by molar-refractivity contribution is 0.409. The number of benzene rings is 2. The van der Waals surface area contributed by atoms with Gasteiger partial charge < -0.3 is 5.11 Å². The van der Waals surface area contributed by atoms with Crippen molar-refractivity contribution in [1.29, 1.82) is 0 Å². The first-order valence-corrected chi connectivity index (χ1v) is 7.89. The van der Waals surface area contributed by atoms with Crippen LogP contribution in [0.15, 0.2) is 67.0 Å². The average molecular weight is 322 g/mol. The molecule has 0 saturated heterocycles. The molecule has 124 valence electrons. The van der Waals surface area contributed by atoms with E-state index in [9.17, 15) is 9.50 Å². The molecule has 0 bridgehead atoms. The highest BCUT2D eigenvalue weighted by atomic mass is 19.1. The molecule has 0 fully saturated rings. The van der Waals surface area contributed by atoms with E-state index in [0.717, 1.165) is 27.8 Å². The van der Waals surface area contributed by atoms with Crippen LogP contribution in [0.4, 0.5) is 4.39 Å². The van der Waals surface area contributed by atoms with Crippen molar-refractivity contribution < 1.29 is 9.50 Å². The van der Waals surface area contributed by atoms with Crippen LogP contribution in [0.25, 0.3) is 11.1 Å². The quantitative estimate of drug-likeness (QED) is 0.615. The normalized spacial score (nSPS) is 14.6. The zero-order valence-corrected chi connectivity index (χ0v) is 14.5. The molecule has 0 aliphatic heterocycles. The van der Waals surface area contributed by atoms with Crippen LogP contribution >= 0.6 is 0 Å². The van der Waals surface area contributed by atoms with Gasteiger partial charge in [0.2, 0.25) is 0 Å². The van der Waals surface area contributed by atoms with Crippen molar-refractivity contribution in [2.45, 2.75) is 27.2 Å². The summed E-state index contributed by atoms with van der Waals surface area (Å²) in [5.74, 6) is 0.00773. The van der Waals surface area contributed by atoms with Gasteiger partial charge in [-0.25, -0.2) is 4.39 Å². The van der Waals surface area contributed by atoms with E-state index < -0.39 is 0 Å². The minimum absolute atomic E-state index is 0.262. The number of hydrogen-bond acceptors (Lipinski definition) is 1. The van der Waals surface area contributed by atoms with Gasteiger partial charge in [0, 0.05) is 12.0 Å². The van der Waals surface area contributed by atoms with E-state index in [1.807, 2.05) is 6.92 Å². The molecule has 0 saturated carbocycles. The SMILES string of the molecule is C=C(C)c1ccc(C)cc1.C=C1/C(=C(\C)O)Cc2ccc(F)cc21. The Kier molecular flexibility index (Phi) is 5.40. The van der Waals surface area contributed by atoms with Gasteiger partial charge in [0.25, 0.3) is 0 Å². The molecular weight excluding hydrogens is 299 g/mol. The number of halogens is 1. The van der Waals surface area contributed by atoms with Crippen molar-refractivity contribution in [3.8, 4) is 0 Å². The number of hydrogen-bond donors (Lipinski definition) is 1. The number of aliphatic hydroxyl groups is 1. The lowest BCUT2D eigenvalue weighted by Crippen LogP contribution is -1.84. The summed E-state index contributed by atoms with van der Waals surface area (Å²) in [7, 11) is 0. The van der Waals surface area contributed by atoms with Crippen LogP contribution in [0.1, 0.15) is 36.1 Å². The fourth-order valence-electron chi connectivity index (χ4n) is 2.63. The predicted octanol–water partition coefficient (Wildman–Crippen LogP) is 6.26. The molecule has 1 nitrogen and oxygen atoms in total. The van der Waals surface area contributed by atoms with Gasteiger partial charge in [-0.2, -0.15) is 0 Å². The average Bonchev–Trinajstić information content (AvgIpc) is 2.85. The van der Waals surface area contributed by atoms with E-state index in [2.05, 4.69) is 44.3 Å². The first-order valence-electron chi connectivity index (χ1n) is 7.89. The molecule has 2 aromatic rings. The molecule has 2 heteroatoms. The number of aliphatic hydroxyl groups excluding tert-OH is 1. The number of allylic oxidation sites excluding steroid dienone is 4. The Hall–Kier alpha value is -2.61. The van der Waals surface area contributed by atoms with Gasteiger partial charge in [0.1, 0.15) is 5.82 Å². The van der Waals surface area contributed by atoms with Gasteiger partial charge in [-0.15, -0.1) is 0 Å². The van der Waals surface area contributed by atoms with Crippen molar-refractivity contribution in [3.05, 3.63) is 95.0 Å². The van der Waals surface area contributed by atoms with E-state index in [1.54, 1.807) is 13.0 Å². The van der Waals surface area contributed by atoms with Gasteiger partial charge in [-0.05, 0) is 55.2 Å². The monoisotopic (exact) mass is 322 g/mol. The molecule has 0 radical (unpaired) electrons. The maximum Gasteiger partial charge on any atom is 0.123 e. The van der Waals surface area contributed by atoms with Crippen LogP contribution in [-0.4, -0.2) is 5.11 Å². The lowest BCUT2D eigenvalue weighted by Gasteiger charge is -2.00. The molecule has 1 aliphatic carbocycles. The first-order chi connectivity index (χ1) is 11.3. The summed E-state index contributed by atoms with van der Waals surface area (Å²) in [6.45, 7) is 13.4. The lowest BCUT2D eigenvalue weighted by atomic mass is 10.1. The summed E-state index contributed by atoms with van der Waals surface area (Å²) in [5, 5.41) is 9.39. The maximum atomic E-state index is 12.9. The predicted molar refractivity (Wildman–Crippen MR) is 100 cm³/mol. The van der Waals surface area contributed by atoms with Gasteiger partial charge in [-0.1, -0.05) is 54.6 Å². The van der Waals surface area contributed by atoms with Crippen LogP contribution in [0.2, 0.25) is 0 Å². The summed E-state index contributed by atoms with van der Waals surface area (Å²) < 4.78 is 12.9. The zero-order valence-electron chi connectivity index (χ0n) is 14.5. The van der Waals surface area contributed by atoms with E-state index in [1.165, 1.54) is 23.3 Å². The summed E-state index contributed by atoms with van der Waals surface area (Å²) in [6, 6.07) is 13.0. The molecule has 0 unspecified atom stereocenters. The van der Waals surface area contributed by atoms with Crippen LogP contribution in [-0.2, 0) is 6.42 Å². The Balaban J connectivity index is 0.000000185. The smallest absolute Gasteiger partial charge is 0.123 e. The molecular formula is C22H23FO. The van der Waals surface area contributed by atoms with Crippen molar-refractivity contribution in [3.63, 3.8) is 0 Å². The van der Waals surface area contributed by atoms with E-state index >= 15 is 0 Å². The third-order valence-corrected chi connectivity index (χ3v) is 4.11. The molecule has 2 aromatic carbocycles. The van der Waals surface area contributed by atoms with Gasteiger partial charge in [0.15, 0.2) is 0 Å². The Morgan fingerprint density at radius 3 is 2.25 bits per heavy atom. The highest BCUT2D eigenvalue weighted by Gasteiger charge is 2.21. The first kappa shape index (κ1) is 17.7. The highest BCUT2D eigenvalue weighted by Crippen LogP contribution is 2.36. The third-order valence-electron chi connectivity index (χ3n) is 4.11. The molecule has 0 aromatic heterocycles. The minimum atomic E-state index is -0.262. The second-order valence-corrected chi connectivity index (χ2v) is 6.17. The van der Waals surface area contributed by atoms with Crippen LogP contribution in [0, 0.1) is 12.7 Å². The summed E-state index contributed by atoms with van der Waals surface area (Å²) in [6.07, 6.45) is 0.650. The van der Waals surface area contributed by atoms with Gasteiger partial charge in [0.05, 0.1) is 5.76 Å². The number of fused-ring (bicyclic) bond motifs is 1. The second kappa shape index (κ2) is 7.31. The molecule has 0 atom stereocenters. The highest BCUT2D eigenvalue weighted by molar-refractivity contribution is 5.84. The van der Waals surface area contributed by atoms with Crippen molar-refractivity contribution >= 4 is 11.1 Å². The molecule has 24 heavy (non-hydrogen) atoms. The van der Waals surface area contributed by atoms with Crippen molar-refractivity contribution in [2.24, 2.45) is 0 Å². The fraction of sp³-hybridized carbons (Fsp3) is 0.182. The van der Waals surface area contributed by atoms with Gasteiger partial charge >= 0.3 is 0 Å². The van der Waals surface area contributed by atoms with Crippen molar-refractivity contribution in [1.82, 2.24) is 0 Å². The standard InChI is InChI=1S/C12H11FO.C10H12/c1-7-11(8(2)14)5-9-3-4-10(13)6-12(7)9;1-8(2)10-6-4-9(3)5-7-10/h3-4,6,14H,1,5H2,2H3;4-7H,1H2,2-3H3/b11-8+;. The molecule has 0 heterocycles. The number of rotatable bonds is 1.